The summed E-state index contributed by atoms with van der Waals surface area (Å²) in [6.45, 7) is 3.00. The van der Waals surface area contributed by atoms with Crippen LogP contribution in [-0.4, -0.2) is 21.4 Å². The van der Waals surface area contributed by atoms with Crippen molar-refractivity contribution in [2.24, 2.45) is 0 Å². The van der Waals surface area contributed by atoms with Gasteiger partial charge in [0.1, 0.15) is 6.33 Å². The summed E-state index contributed by atoms with van der Waals surface area (Å²) >= 11 is 5.81. The van der Waals surface area contributed by atoms with Crippen LogP contribution < -0.4 is 4.90 Å². The van der Waals surface area contributed by atoms with Gasteiger partial charge < -0.3 is 4.90 Å². The Labute approximate surface area is 121 Å². The first-order valence-corrected chi connectivity index (χ1v) is 6.45. The molecule has 0 aliphatic rings. The molecule has 2 aromatic rings. The summed E-state index contributed by atoms with van der Waals surface area (Å²) in [6, 6.07) is 9.67. The second kappa shape index (κ2) is 6.29. The molecule has 0 amide bonds. The van der Waals surface area contributed by atoms with Crippen molar-refractivity contribution in [3.05, 3.63) is 57.5 Å². The molecule has 0 atom stereocenters. The van der Waals surface area contributed by atoms with Gasteiger partial charge in [-0.1, -0.05) is 41.9 Å². The Balaban J connectivity index is 2.37. The highest BCUT2D eigenvalue weighted by atomic mass is 35.5. The summed E-state index contributed by atoms with van der Waals surface area (Å²) in [7, 11) is 0. The molecular formula is C13H13ClN4O2. The second-order valence-electron chi connectivity index (χ2n) is 4.09. The minimum atomic E-state index is -0.550. The maximum atomic E-state index is 11.1. The zero-order chi connectivity index (χ0) is 14.5. The maximum absolute atomic E-state index is 11.1. The average molecular weight is 293 g/mol. The van der Waals surface area contributed by atoms with E-state index in [2.05, 4.69) is 9.97 Å². The van der Waals surface area contributed by atoms with E-state index in [0.717, 1.165) is 5.56 Å². The van der Waals surface area contributed by atoms with E-state index in [1.54, 1.807) is 4.90 Å². The van der Waals surface area contributed by atoms with E-state index >= 15 is 0 Å². The van der Waals surface area contributed by atoms with E-state index in [-0.39, 0.29) is 16.7 Å². The molecule has 0 saturated carbocycles. The zero-order valence-corrected chi connectivity index (χ0v) is 11.6. The van der Waals surface area contributed by atoms with Crippen LogP contribution in [0, 0.1) is 10.1 Å². The van der Waals surface area contributed by atoms with Crippen molar-refractivity contribution in [2.75, 3.05) is 11.4 Å². The van der Waals surface area contributed by atoms with Crippen LogP contribution >= 0.6 is 11.6 Å². The van der Waals surface area contributed by atoms with Crippen molar-refractivity contribution >= 4 is 23.1 Å². The average Bonchev–Trinajstić information content (AvgIpc) is 2.45. The van der Waals surface area contributed by atoms with Crippen molar-refractivity contribution < 1.29 is 4.92 Å². The number of hydrogen-bond donors (Lipinski definition) is 0. The lowest BCUT2D eigenvalue weighted by molar-refractivity contribution is -0.384. The lowest BCUT2D eigenvalue weighted by Gasteiger charge is -2.21. The third-order valence-corrected chi connectivity index (χ3v) is 3.11. The van der Waals surface area contributed by atoms with E-state index in [1.807, 2.05) is 37.3 Å². The number of benzene rings is 1. The van der Waals surface area contributed by atoms with Gasteiger partial charge in [0.15, 0.2) is 0 Å². The lowest BCUT2D eigenvalue weighted by atomic mass is 10.2. The van der Waals surface area contributed by atoms with E-state index < -0.39 is 4.92 Å². The largest absolute Gasteiger partial charge is 0.348 e. The van der Waals surface area contributed by atoms with Gasteiger partial charge in [0, 0.05) is 13.1 Å². The summed E-state index contributed by atoms with van der Waals surface area (Å²) < 4.78 is 0. The summed E-state index contributed by atoms with van der Waals surface area (Å²) in [5.74, 6) is 0.237. The molecule has 104 valence electrons. The van der Waals surface area contributed by atoms with E-state index in [1.165, 1.54) is 6.33 Å². The number of hydrogen-bond acceptors (Lipinski definition) is 5. The molecule has 0 bridgehead atoms. The van der Waals surface area contributed by atoms with Crippen LogP contribution in [0.25, 0.3) is 0 Å². The lowest BCUT2D eigenvalue weighted by Crippen LogP contribution is -2.24. The molecule has 2 rings (SSSR count). The Bertz CT molecular complexity index is 607. The third-order valence-electron chi connectivity index (χ3n) is 2.84. The van der Waals surface area contributed by atoms with E-state index in [4.69, 9.17) is 11.6 Å². The van der Waals surface area contributed by atoms with Crippen LogP contribution in [0.1, 0.15) is 12.5 Å². The first kappa shape index (κ1) is 14.2. The fourth-order valence-corrected chi connectivity index (χ4v) is 2.07. The summed E-state index contributed by atoms with van der Waals surface area (Å²) in [6.07, 6.45) is 1.23. The van der Waals surface area contributed by atoms with Crippen molar-refractivity contribution in [1.82, 2.24) is 9.97 Å². The number of aromatic nitrogens is 2. The molecular weight excluding hydrogens is 280 g/mol. The van der Waals surface area contributed by atoms with Gasteiger partial charge in [-0.3, -0.25) is 10.1 Å². The normalized spacial score (nSPS) is 10.3. The third kappa shape index (κ3) is 3.03. The number of rotatable bonds is 5. The maximum Gasteiger partial charge on any atom is 0.348 e. The Morgan fingerprint density at radius 2 is 2.00 bits per heavy atom. The van der Waals surface area contributed by atoms with Crippen molar-refractivity contribution in [3.8, 4) is 0 Å². The Morgan fingerprint density at radius 3 is 2.60 bits per heavy atom. The highest BCUT2D eigenvalue weighted by Gasteiger charge is 2.25. The SMILES string of the molecule is CCN(Cc1ccccc1)c1ncnc(Cl)c1[N+](=O)[O-]. The molecule has 1 heterocycles. The number of anilines is 1. The van der Waals surface area contributed by atoms with Gasteiger partial charge in [-0.2, -0.15) is 0 Å². The minimum Gasteiger partial charge on any atom is -0.347 e. The van der Waals surface area contributed by atoms with Crippen LogP contribution in [0.15, 0.2) is 36.7 Å². The first-order chi connectivity index (χ1) is 9.63. The fourth-order valence-electron chi connectivity index (χ4n) is 1.88. The van der Waals surface area contributed by atoms with Gasteiger partial charge in [0.25, 0.3) is 0 Å². The van der Waals surface area contributed by atoms with Crippen LogP contribution in [0.2, 0.25) is 5.15 Å². The van der Waals surface area contributed by atoms with E-state index in [9.17, 15) is 10.1 Å². The molecule has 0 spiro atoms. The van der Waals surface area contributed by atoms with Crippen LogP contribution in [0.5, 0.6) is 0 Å². The molecule has 0 unspecified atom stereocenters. The fraction of sp³-hybridized carbons (Fsp3) is 0.231. The summed E-state index contributed by atoms with van der Waals surface area (Å²) in [5, 5.41) is 11.0. The van der Waals surface area contributed by atoms with Gasteiger partial charge in [0.05, 0.1) is 4.92 Å². The van der Waals surface area contributed by atoms with Crippen molar-refractivity contribution in [2.45, 2.75) is 13.5 Å². The van der Waals surface area contributed by atoms with Gasteiger partial charge in [-0.25, -0.2) is 9.97 Å². The zero-order valence-electron chi connectivity index (χ0n) is 10.9. The molecule has 6 nitrogen and oxygen atoms in total. The van der Waals surface area contributed by atoms with Crippen LogP contribution in [0.3, 0.4) is 0 Å². The predicted molar refractivity (Wildman–Crippen MR) is 76.9 cm³/mol. The molecule has 0 fully saturated rings. The van der Waals surface area contributed by atoms with Gasteiger partial charge in [-0.15, -0.1) is 0 Å². The van der Waals surface area contributed by atoms with Crippen LogP contribution in [0.4, 0.5) is 11.5 Å². The Kier molecular flexibility index (Phi) is 4.47. The van der Waals surface area contributed by atoms with Gasteiger partial charge >= 0.3 is 5.69 Å². The molecule has 7 heteroatoms. The summed E-state index contributed by atoms with van der Waals surface area (Å²) in [4.78, 5) is 20.1. The molecule has 1 aromatic heterocycles. The smallest absolute Gasteiger partial charge is 0.347 e. The van der Waals surface area contributed by atoms with Crippen molar-refractivity contribution in [1.29, 1.82) is 0 Å². The first-order valence-electron chi connectivity index (χ1n) is 6.07. The summed E-state index contributed by atoms with van der Waals surface area (Å²) in [5.41, 5.74) is 0.783. The van der Waals surface area contributed by atoms with Gasteiger partial charge in [0.2, 0.25) is 11.0 Å². The van der Waals surface area contributed by atoms with E-state index in [0.29, 0.717) is 13.1 Å². The molecule has 1 aromatic carbocycles. The molecule has 0 aliphatic carbocycles. The molecule has 0 N–H and O–H groups in total. The van der Waals surface area contributed by atoms with Gasteiger partial charge in [-0.05, 0) is 12.5 Å². The highest BCUT2D eigenvalue weighted by Crippen LogP contribution is 2.31. The van der Waals surface area contributed by atoms with Crippen LogP contribution in [-0.2, 0) is 6.54 Å². The molecule has 0 radical (unpaired) electrons. The second-order valence-corrected chi connectivity index (χ2v) is 4.45. The number of halogens is 1. The minimum absolute atomic E-state index is 0.147. The standard InChI is InChI=1S/C13H13ClN4O2/c1-2-17(8-10-6-4-3-5-7-10)13-11(18(19)20)12(14)15-9-16-13/h3-7,9H,2,8H2,1H3. The number of nitro groups is 1. The monoisotopic (exact) mass is 292 g/mol. The van der Waals surface area contributed by atoms with Crippen molar-refractivity contribution in [3.63, 3.8) is 0 Å². The Hall–Kier alpha value is -2.21. The quantitative estimate of drug-likeness (QED) is 0.481. The molecule has 20 heavy (non-hydrogen) atoms. The molecule has 0 saturated heterocycles. The Morgan fingerprint density at radius 1 is 1.30 bits per heavy atom. The highest BCUT2D eigenvalue weighted by molar-refractivity contribution is 6.31. The topological polar surface area (TPSA) is 72.2 Å². The molecule has 0 aliphatic heterocycles. The number of nitrogens with zero attached hydrogens (tertiary/aromatic N) is 4. The predicted octanol–water partition coefficient (Wildman–Crippen LogP) is 3.06.